The van der Waals surface area contributed by atoms with Gasteiger partial charge in [-0.2, -0.15) is 0 Å². The molecule has 0 saturated carbocycles. The number of halogens is 1. The largest absolute Gasteiger partial charge is 0.488 e. The quantitative estimate of drug-likeness (QED) is 0.111. The molecule has 72 heavy (non-hydrogen) atoms. The van der Waals surface area contributed by atoms with Crippen LogP contribution >= 0.6 is 15.9 Å². The summed E-state index contributed by atoms with van der Waals surface area (Å²) in [6.07, 6.45) is 2.24. The molecule has 4 aliphatic rings. The summed E-state index contributed by atoms with van der Waals surface area (Å²) in [6.45, 7) is 0. The van der Waals surface area contributed by atoms with Crippen LogP contribution in [0.5, 0.6) is 11.5 Å². The second-order valence-electron chi connectivity index (χ2n) is 17.5. The maximum absolute atomic E-state index is 13.5. The Balaban J connectivity index is 0.000000158. The number of carbonyl (C=O) groups excluding carboxylic acids is 2. The predicted molar refractivity (Wildman–Crippen MR) is 280 cm³/mol. The Labute approximate surface area is 425 Å². The van der Waals surface area contributed by atoms with Gasteiger partial charge in [0.25, 0.3) is 11.8 Å². The third kappa shape index (κ3) is 10.8. The molecule has 18 nitrogen and oxygen atoms in total. The second kappa shape index (κ2) is 20.1. The standard InChI is InChI=1S/C25H24N4O4S.C18H16BrN3O2.C7H10BNO4S/c1-29-23(30)25(27-24(29)26)15-22(16-7-4-3-5-8-16)33-21-12-11-18(14-20(21)25)17-9-6-10-19(13-17)28-34(2,31)32;1-22-16(23)18(21-17(22)20)10-15(11-5-3-2-4-6-11)24-14-8-7-12(19)9-13(14)18;1-14(12,13)9-7-4-2-3-6(5-7)8(10)11/h3-14,22,28H,15H2,1-2H3,(H2,26,27);2-9,15H,10H2,1H3,(H2,20,21);2-5,9-11H,1H3. The van der Waals surface area contributed by atoms with Crippen LogP contribution in [0.2, 0.25) is 0 Å². The van der Waals surface area contributed by atoms with Crippen molar-refractivity contribution >= 4 is 83.7 Å². The van der Waals surface area contributed by atoms with Crippen molar-refractivity contribution in [1.82, 2.24) is 9.80 Å². The van der Waals surface area contributed by atoms with Crippen molar-refractivity contribution in [2.45, 2.75) is 36.1 Å². The number of ether oxygens (including phenoxy) is 2. The normalized spacial score (nSPS) is 20.9. The molecule has 6 aromatic carbocycles. The molecule has 4 atom stereocenters. The molecule has 0 aliphatic carbocycles. The molecule has 6 aromatic rings. The summed E-state index contributed by atoms with van der Waals surface area (Å²) in [5, 5.41) is 17.6. The van der Waals surface area contributed by atoms with Crippen LogP contribution in [-0.2, 0) is 40.7 Å². The van der Waals surface area contributed by atoms with Crippen LogP contribution in [0.1, 0.15) is 47.3 Å². The summed E-state index contributed by atoms with van der Waals surface area (Å²) in [5.41, 5.74) is 15.7. The second-order valence-corrected chi connectivity index (χ2v) is 21.9. The van der Waals surface area contributed by atoms with E-state index < -0.39 is 38.2 Å². The monoisotopic (exact) mass is 1080 g/mol. The van der Waals surface area contributed by atoms with E-state index in [0.29, 0.717) is 41.3 Å². The molecule has 372 valence electrons. The summed E-state index contributed by atoms with van der Waals surface area (Å²) in [7, 11) is -5.08. The van der Waals surface area contributed by atoms with Crippen molar-refractivity contribution in [3.63, 3.8) is 0 Å². The van der Waals surface area contributed by atoms with Gasteiger partial charge in [0.2, 0.25) is 20.0 Å². The third-order valence-electron chi connectivity index (χ3n) is 12.3. The van der Waals surface area contributed by atoms with Crippen LogP contribution in [0, 0.1) is 0 Å². The first-order valence-electron chi connectivity index (χ1n) is 22.2. The predicted octanol–water partition coefficient (Wildman–Crippen LogP) is 4.92. The van der Waals surface area contributed by atoms with Crippen molar-refractivity contribution in [2.24, 2.45) is 21.5 Å². The smallest absolute Gasteiger partial charge is 0.485 e. The molecule has 0 fully saturated rings. The first-order chi connectivity index (χ1) is 34.1. The fourth-order valence-electron chi connectivity index (χ4n) is 8.89. The molecule has 0 radical (unpaired) electrons. The highest BCUT2D eigenvalue weighted by molar-refractivity contribution is 9.10. The van der Waals surface area contributed by atoms with Crippen molar-refractivity contribution < 1.29 is 45.9 Å². The van der Waals surface area contributed by atoms with Crippen molar-refractivity contribution in [1.29, 1.82) is 0 Å². The number of sulfonamides is 2. The number of carbonyl (C=O) groups is 2. The molecule has 4 unspecified atom stereocenters. The molecule has 4 heterocycles. The van der Waals surface area contributed by atoms with Gasteiger partial charge in [-0.1, -0.05) is 107 Å². The number of nitrogens with two attached hydrogens (primary N) is 2. The summed E-state index contributed by atoms with van der Waals surface area (Å²) < 4.78 is 63.1. The number of amides is 2. The summed E-state index contributed by atoms with van der Waals surface area (Å²) in [5.74, 6) is 1.30. The van der Waals surface area contributed by atoms with Crippen LogP contribution < -0.4 is 35.8 Å². The zero-order valence-corrected chi connectivity index (χ0v) is 42.5. The van der Waals surface area contributed by atoms with Gasteiger partial charge in [-0.3, -0.25) is 28.8 Å². The van der Waals surface area contributed by atoms with E-state index >= 15 is 0 Å². The SMILES string of the molecule is CN1C(=O)C2(CC(c3ccccc3)Oc3ccc(-c4cccc(NS(C)(=O)=O)c4)cc32)N=C1N.CN1C(=O)C2(CC(c3ccccc3)Oc3ccc(Br)cc32)N=C1N.CS(=O)(=O)Nc1cccc(B(O)O)c1. The Bertz CT molecular complexity index is 3360. The number of anilines is 2. The van der Waals surface area contributed by atoms with E-state index in [1.165, 1.54) is 34.1 Å². The number of hydrogen-bond acceptors (Lipinski definition) is 14. The number of likely N-dealkylation sites (N-methyl/N-ethyl adjacent to an activating group) is 2. The minimum Gasteiger partial charge on any atom is -0.485 e. The van der Waals surface area contributed by atoms with E-state index in [1.807, 2.05) is 103 Å². The number of benzene rings is 6. The van der Waals surface area contributed by atoms with Gasteiger partial charge in [0.15, 0.2) is 23.0 Å². The van der Waals surface area contributed by atoms with Crippen molar-refractivity contribution in [3.05, 3.63) is 172 Å². The number of fused-ring (bicyclic) bond motifs is 4. The number of nitrogens with one attached hydrogen (secondary N) is 2. The Kier molecular flexibility index (Phi) is 14.3. The van der Waals surface area contributed by atoms with Crippen LogP contribution in [0.25, 0.3) is 11.1 Å². The maximum Gasteiger partial charge on any atom is 0.488 e. The first kappa shape index (κ1) is 51.1. The zero-order chi connectivity index (χ0) is 51.8. The van der Waals surface area contributed by atoms with Crippen molar-refractivity contribution in [2.75, 3.05) is 36.1 Å². The van der Waals surface area contributed by atoms with E-state index in [4.69, 9.17) is 31.0 Å². The number of hydrogen-bond donors (Lipinski definition) is 6. The van der Waals surface area contributed by atoms with E-state index in [9.17, 15) is 26.4 Å². The minimum atomic E-state index is -3.41. The van der Waals surface area contributed by atoms with Crippen LogP contribution in [0.4, 0.5) is 11.4 Å². The first-order valence-corrected chi connectivity index (χ1v) is 26.8. The third-order valence-corrected chi connectivity index (χ3v) is 14.0. The van der Waals surface area contributed by atoms with Gasteiger partial charge >= 0.3 is 7.12 Å². The molecule has 4 aliphatic heterocycles. The molecule has 22 heteroatoms. The highest BCUT2D eigenvalue weighted by atomic mass is 79.9. The molecule has 0 saturated heterocycles. The van der Waals surface area contributed by atoms with Gasteiger partial charge in [-0.15, -0.1) is 0 Å². The number of aliphatic imine (C=N–C) groups is 2. The van der Waals surface area contributed by atoms with E-state index in [2.05, 4.69) is 35.4 Å². The lowest BCUT2D eigenvalue weighted by Gasteiger charge is -2.37. The summed E-state index contributed by atoms with van der Waals surface area (Å²) in [6, 6.07) is 43.8. The molecule has 0 bridgehead atoms. The Morgan fingerprint density at radius 3 is 1.51 bits per heavy atom. The number of nitrogens with zero attached hydrogens (tertiary/aromatic N) is 4. The Hall–Kier alpha value is -7.24. The average Bonchev–Trinajstić information content (AvgIpc) is 3.69. The summed E-state index contributed by atoms with van der Waals surface area (Å²) in [4.78, 5) is 38.5. The molecule has 2 spiro atoms. The van der Waals surface area contributed by atoms with Gasteiger partial charge in [0, 0.05) is 53.9 Å². The molecule has 8 N–H and O–H groups in total. The lowest BCUT2D eigenvalue weighted by atomic mass is 9.79. The highest BCUT2D eigenvalue weighted by Gasteiger charge is 2.55. The average molecular weight is 1080 g/mol. The van der Waals surface area contributed by atoms with Crippen LogP contribution in [0.3, 0.4) is 0 Å². The van der Waals surface area contributed by atoms with E-state index in [0.717, 1.165) is 44.8 Å². The fourth-order valence-corrected chi connectivity index (χ4v) is 10.4. The van der Waals surface area contributed by atoms with E-state index in [1.54, 1.807) is 32.3 Å². The lowest BCUT2D eigenvalue weighted by molar-refractivity contribution is -0.133. The van der Waals surface area contributed by atoms with Crippen molar-refractivity contribution in [3.8, 4) is 22.6 Å². The molecular formula is C50H50BBrN8O10S2. The van der Waals surface area contributed by atoms with Gasteiger partial charge in [0.1, 0.15) is 23.7 Å². The number of rotatable bonds is 8. The molecular weight excluding hydrogens is 1030 g/mol. The van der Waals surface area contributed by atoms with Crippen LogP contribution in [-0.4, -0.2) is 94.1 Å². The highest BCUT2D eigenvalue weighted by Crippen LogP contribution is 2.52. The Morgan fingerprint density at radius 2 is 1.06 bits per heavy atom. The minimum absolute atomic E-state index is 0.122. The molecule has 0 aromatic heterocycles. The van der Waals surface area contributed by atoms with Crippen LogP contribution in [0.15, 0.2) is 160 Å². The van der Waals surface area contributed by atoms with Gasteiger partial charge in [-0.05, 0) is 82.3 Å². The molecule has 10 rings (SSSR count). The fraction of sp³-hybridized carbons (Fsp3) is 0.200. The maximum atomic E-state index is 13.5. The van der Waals surface area contributed by atoms with Gasteiger partial charge in [-0.25, -0.2) is 26.8 Å². The zero-order valence-electron chi connectivity index (χ0n) is 39.3. The Morgan fingerprint density at radius 1 is 0.611 bits per heavy atom. The molecule has 2 amide bonds. The topological polar surface area (TPSA) is 269 Å². The summed E-state index contributed by atoms with van der Waals surface area (Å²) >= 11 is 3.47. The van der Waals surface area contributed by atoms with Gasteiger partial charge < -0.3 is 31.0 Å². The van der Waals surface area contributed by atoms with Gasteiger partial charge in [0.05, 0.1) is 12.5 Å². The lowest BCUT2D eigenvalue weighted by Crippen LogP contribution is -2.43. The number of guanidine groups is 2. The van der Waals surface area contributed by atoms with E-state index in [-0.39, 0.29) is 41.4 Å².